The molecule has 0 aromatic heterocycles. The molecule has 0 aliphatic heterocycles. The Morgan fingerprint density at radius 1 is 1.00 bits per heavy atom. The molecule has 4 heteroatoms. The summed E-state index contributed by atoms with van der Waals surface area (Å²) in [6.45, 7) is 0.656. The number of carbonyl (C=O) groups excluding carboxylic acids is 1. The molecule has 3 rings (SSSR count). The molecule has 0 spiro atoms. The molecule has 0 atom stereocenters. The Morgan fingerprint density at radius 2 is 1.65 bits per heavy atom. The summed E-state index contributed by atoms with van der Waals surface area (Å²) in [6, 6.07) is 16.7. The second kappa shape index (κ2) is 6.24. The second-order valence-corrected chi connectivity index (χ2v) is 6.10. The quantitative estimate of drug-likeness (QED) is 0.862. The highest BCUT2D eigenvalue weighted by Crippen LogP contribution is 2.47. The molecule has 0 saturated heterocycles. The Balaban J connectivity index is 1.55. The van der Waals surface area contributed by atoms with Crippen molar-refractivity contribution >= 4 is 11.9 Å². The van der Waals surface area contributed by atoms with E-state index in [0.717, 1.165) is 18.4 Å². The van der Waals surface area contributed by atoms with Gasteiger partial charge in [0.05, 0.1) is 12.0 Å². The molecule has 2 aromatic rings. The largest absolute Gasteiger partial charge is 0.478 e. The minimum atomic E-state index is -0.959. The lowest BCUT2D eigenvalue weighted by molar-refractivity contribution is -0.120. The van der Waals surface area contributed by atoms with Gasteiger partial charge in [-0.05, 0) is 36.1 Å². The number of hydrogen-bond donors (Lipinski definition) is 2. The molecule has 1 aliphatic rings. The first-order chi connectivity index (χ1) is 11.1. The van der Waals surface area contributed by atoms with Gasteiger partial charge in [0, 0.05) is 12.0 Å². The van der Waals surface area contributed by atoms with E-state index >= 15 is 0 Å². The van der Waals surface area contributed by atoms with E-state index in [-0.39, 0.29) is 23.3 Å². The maximum atomic E-state index is 12.1. The van der Waals surface area contributed by atoms with Crippen molar-refractivity contribution in [2.45, 2.75) is 24.7 Å². The first kappa shape index (κ1) is 15.3. The first-order valence-corrected chi connectivity index (χ1v) is 7.74. The average Bonchev–Trinajstić information content (AvgIpc) is 3.36. The molecule has 4 nitrogen and oxygen atoms in total. The average molecular weight is 309 g/mol. The topological polar surface area (TPSA) is 66.4 Å². The van der Waals surface area contributed by atoms with E-state index in [0.29, 0.717) is 6.54 Å². The lowest BCUT2D eigenvalue weighted by Gasteiger charge is -2.16. The summed E-state index contributed by atoms with van der Waals surface area (Å²) >= 11 is 0. The number of hydrogen-bond acceptors (Lipinski definition) is 2. The summed E-state index contributed by atoms with van der Waals surface area (Å²) in [7, 11) is 0. The van der Waals surface area contributed by atoms with Crippen LogP contribution in [-0.2, 0) is 16.6 Å². The van der Waals surface area contributed by atoms with Crippen LogP contribution in [-0.4, -0.2) is 23.5 Å². The Hall–Kier alpha value is -2.62. The van der Waals surface area contributed by atoms with Crippen LogP contribution >= 0.6 is 0 Å². The molecule has 0 radical (unpaired) electrons. The Bertz CT molecular complexity index is 703. The molecule has 1 aliphatic carbocycles. The zero-order valence-corrected chi connectivity index (χ0v) is 12.8. The van der Waals surface area contributed by atoms with Crippen molar-refractivity contribution in [2.24, 2.45) is 0 Å². The normalized spacial score (nSPS) is 15.0. The van der Waals surface area contributed by atoms with Crippen LogP contribution in [0.4, 0.5) is 0 Å². The van der Waals surface area contributed by atoms with Gasteiger partial charge in [-0.25, -0.2) is 4.79 Å². The van der Waals surface area contributed by atoms with Crippen molar-refractivity contribution < 1.29 is 14.7 Å². The summed E-state index contributed by atoms with van der Waals surface area (Å²) in [4.78, 5) is 22.9. The molecular formula is C19H19NO3. The number of benzene rings is 2. The van der Waals surface area contributed by atoms with E-state index in [2.05, 4.69) is 17.4 Å². The number of carbonyl (C=O) groups is 2. The van der Waals surface area contributed by atoms with Crippen LogP contribution < -0.4 is 5.32 Å². The van der Waals surface area contributed by atoms with E-state index in [1.807, 2.05) is 18.2 Å². The van der Waals surface area contributed by atoms with Crippen molar-refractivity contribution in [3.63, 3.8) is 0 Å². The summed E-state index contributed by atoms with van der Waals surface area (Å²) in [5, 5.41) is 11.9. The third-order valence-electron chi connectivity index (χ3n) is 4.43. The van der Waals surface area contributed by atoms with E-state index in [1.165, 1.54) is 17.7 Å². The van der Waals surface area contributed by atoms with Gasteiger partial charge < -0.3 is 10.4 Å². The fourth-order valence-corrected chi connectivity index (χ4v) is 2.79. The van der Waals surface area contributed by atoms with E-state index in [9.17, 15) is 9.59 Å². The van der Waals surface area contributed by atoms with Gasteiger partial charge in [-0.15, -0.1) is 0 Å². The van der Waals surface area contributed by atoms with Crippen molar-refractivity contribution in [1.29, 1.82) is 0 Å². The van der Waals surface area contributed by atoms with Gasteiger partial charge in [-0.3, -0.25) is 4.79 Å². The van der Waals surface area contributed by atoms with Gasteiger partial charge in [0.15, 0.2) is 0 Å². The SMILES string of the molecule is O=C(Cc1ccc(C(=O)O)cc1)NCC1(c2ccccc2)CC1. The molecule has 1 amide bonds. The second-order valence-electron chi connectivity index (χ2n) is 6.10. The lowest BCUT2D eigenvalue weighted by Crippen LogP contribution is -2.33. The minimum Gasteiger partial charge on any atom is -0.478 e. The van der Waals surface area contributed by atoms with Gasteiger partial charge in [0.1, 0.15) is 0 Å². The lowest BCUT2D eigenvalue weighted by atomic mass is 9.96. The number of carboxylic acid groups (broad SMARTS) is 1. The predicted octanol–water partition coefficient (Wildman–Crippen LogP) is 2.78. The standard InChI is InChI=1S/C19H19NO3/c21-17(12-14-6-8-15(9-7-14)18(22)23)20-13-19(10-11-19)16-4-2-1-3-5-16/h1-9H,10-13H2,(H,20,21)(H,22,23). The van der Waals surface area contributed by atoms with Crippen LogP contribution in [0.15, 0.2) is 54.6 Å². The number of nitrogens with one attached hydrogen (secondary N) is 1. The molecule has 118 valence electrons. The van der Waals surface area contributed by atoms with Gasteiger partial charge >= 0.3 is 5.97 Å². The molecule has 1 fully saturated rings. The van der Waals surface area contributed by atoms with Crippen molar-refractivity contribution in [3.05, 3.63) is 71.3 Å². The highest BCUT2D eigenvalue weighted by atomic mass is 16.4. The summed E-state index contributed by atoms with van der Waals surface area (Å²) in [6.07, 6.45) is 2.47. The number of aromatic carboxylic acids is 1. The predicted molar refractivity (Wildman–Crippen MR) is 87.5 cm³/mol. The molecule has 0 heterocycles. The fourth-order valence-electron chi connectivity index (χ4n) is 2.79. The Morgan fingerprint density at radius 3 is 2.22 bits per heavy atom. The van der Waals surface area contributed by atoms with Crippen molar-refractivity contribution in [2.75, 3.05) is 6.54 Å². The first-order valence-electron chi connectivity index (χ1n) is 7.74. The number of carboxylic acids is 1. The number of rotatable bonds is 6. The van der Waals surface area contributed by atoms with Gasteiger partial charge in [-0.2, -0.15) is 0 Å². The highest BCUT2D eigenvalue weighted by Gasteiger charge is 2.44. The van der Waals surface area contributed by atoms with E-state index in [1.54, 1.807) is 12.1 Å². The maximum Gasteiger partial charge on any atom is 0.335 e. The van der Waals surface area contributed by atoms with Crippen LogP contribution in [0.5, 0.6) is 0 Å². The smallest absolute Gasteiger partial charge is 0.335 e. The highest BCUT2D eigenvalue weighted by molar-refractivity contribution is 5.87. The molecule has 1 saturated carbocycles. The number of amides is 1. The van der Waals surface area contributed by atoms with E-state index in [4.69, 9.17) is 5.11 Å². The summed E-state index contributed by atoms with van der Waals surface area (Å²) in [5.74, 6) is -0.991. The van der Waals surface area contributed by atoms with Crippen molar-refractivity contribution in [3.8, 4) is 0 Å². The zero-order chi connectivity index (χ0) is 16.3. The molecule has 0 bridgehead atoms. The van der Waals surface area contributed by atoms with Crippen LogP contribution in [0.2, 0.25) is 0 Å². The monoisotopic (exact) mass is 309 g/mol. The zero-order valence-electron chi connectivity index (χ0n) is 12.8. The van der Waals surface area contributed by atoms with Crippen LogP contribution in [0.1, 0.15) is 34.3 Å². The molecule has 2 aromatic carbocycles. The van der Waals surface area contributed by atoms with Gasteiger partial charge in [0.25, 0.3) is 0 Å². The van der Waals surface area contributed by atoms with Gasteiger partial charge in [0.2, 0.25) is 5.91 Å². The van der Waals surface area contributed by atoms with Crippen LogP contribution in [0.25, 0.3) is 0 Å². The maximum absolute atomic E-state index is 12.1. The molecule has 23 heavy (non-hydrogen) atoms. The van der Waals surface area contributed by atoms with E-state index < -0.39 is 5.97 Å². The molecular weight excluding hydrogens is 290 g/mol. The van der Waals surface area contributed by atoms with Gasteiger partial charge in [-0.1, -0.05) is 42.5 Å². The third-order valence-corrected chi connectivity index (χ3v) is 4.43. The van der Waals surface area contributed by atoms with Crippen LogP contribution in [0, 0.1) is 0 Å². The van der Waals surface area contributed by atoms with Crippen LogP contribution in [0.3, 0.4) is 0 Å². The summed E-state index contributed by atoms with van der Waals surface area (Å²) in [5.41, 5.74) is 2.43. The fraction of sp³-hybridized carbons (Fsp3) is 0.263. The Labute approximate surface area is 135 Å². The Kier molecular flexibility index (Phi) is 4.15. The molecule has 2 N–H and O–H groups in total. The summed E-state index contributed by atoms with van der Waals surface area (Å²) < 4.78 is 0. The van der Waals surface area contributed by atoms with Crippen molar-refractivity contribution in [1.82, 2.24) is 5.32 Å². The molecule has 0 unspecified atom stereocenters. The minimum absolute atomic E-state index is 0.0321. The third kappa shape index (κ3) is 3.59.